The first kappa shape index (κ1) is 12.4. The van der Waals surface area contributed by atoms with Crippen molar-refractivity contribution < 1.29 is 4.79 Å². The van der Waals surface area contributed by atoms with Crippen molar-refractivity contribution in [1.29, 1.82) is 0 Å². The van der Waals surface area contributed by atoms with Gasteiger partial charge in [-0.25, -0.2) is 0 Å². The number of carbonyl (C=O) groups is 1. The van der Waals surface area contributed by atoms with E-state index in [4.69, 9.17) is 0 Å². The topological polar surface area (TPSA) is 42.9 Å². The van der Waals surface area contributed by atoms with Crippen LogP contribution in [-0.2, 0) is 4.79 Å². The quantitative estimate of drug-likeness (QED) is 0.839. The van der Waals surface area contributed by atoms with Crippen LogP contribution in [0.3, 0.4) is 0 Å². The highest BCUT2D eigenvalue weighted by molar-refractivity contribution is 7.99. The molecule has 0 aromatic carbocycles. The zero-order chi connectivity index (χ0) is 13.1. The van der Waals surface area contributed by atoms with Crippen molar-refractivity contribution in [2.24, 2.45) is 0 Å². The van der Waals surface area contributed by atoms with Gasteiger partial charge in [0, 0.05) is 25.2 Å². The van der Waals surface area contributed by atoms with Crippen LogP contribution in [0.15, 0.2) is 48.8 Å². The van der Waals surface area contributed by atoms with Crippen LogP contribution in [0.5, 0.6) is 0 Å². The molecule has 0 amide bonds. The Hall–Kier alpha value is -1.68. The largest absolute Gasteiger partial charge is 0.300 e. The minimum Gasteiger partial charge on any atom is -0.300 e. The second kappa shape index (κ2) is 5.53. The van der Waals surface area contributed by atoms with E-state index in [0.717, 1.165) is 11.4 Å². The van der Waals surface area contributed by atoms with Crippen LogP contribution in [0.2, 0.25) is 0 Å². The summed E-state index contributed by atoms with van der Waals surface area (Å²) in [5.41, 5.74) is 1.97. The maximum absolute atomic E-state index is 12.0. The molecule has 3 nitrogen and oxygen atoms in total. The summed E-state index contributed by atoms with van der Waals surface area (Å²) in [4.78, 5) is 20.7. The average molecular weight is 270 g/mol. The van der Waals surface area contributed by atoms with Gasteiger partial charge in [0.2, 0.25) is 0 Å². The van der Waals surface area contributed by atoms with Crippen molar-refractivity contribution in [1.82, 2.24) is 9.97 Å². The summed E-state index contributed by atoms with van der Waals surface area (Å²) in [6, 6.07) is 11.7. The van der Waals surface area contributed by atoms with Gasteiger partial charge in [0.1, 0.15) is 5.78 Å². The molecule has 19 heavy (non-hydrogen) atoms. The highest BCUT2D eigenvalue weighted by atomic mass is 32.2. The first-order chi connectivity index (χ1) is 9.33. The van der Waals surface area contributed by atoms with Gasteiger partial charge in [-0.3, -0.25) is 14.8 Å². The second-order valence-corrected chi connectivity index (χ2v) is 5.98. The summed E-state index contributed by atoms with van der Waals surface area (Å²) in [6.07, 6.45) is 4.71. The molecule has 2 aromatic heterocycles. The molecule has 0 N–H and O–H groups in total. The molecule has 2 atom stereocenters. The third-order valence-corrected chi connectivity index (χ3v) is 4.66. The first-order valence-corrected chi connectivity index (χ1v) is 7.26. The van der Waals surface area contributed by atoms with E-state index in [2.05, 4.69) is 9.97 Å². The van der Waals surface area contributed by atoms with Crippen molar-refractivity contribution in [3.05, 3.63) is 60.2 Å². The van der Waals surface area contributed by atoms with Crippen LogP contribution in [-0.4, -0.2) is 15.8 Å². The Bertz CT molecular complexity index is 509. The molecule has 0 saturated carbocycles. The Morgan fingerprint density at radius 2 is 1.42 bits per heavy atom. The molecule has 0 aliphatic carbocycles. The average Bonchev–Trinajstić information content (AvgIpc) is 2.48. The van der Waals surface area contributed by atoms with Gasteiger partial charge >= 0.3 is 0 Å². The number of hydrogen-bond donors (Lipinski definition) is 0. The highest BCUT2D eigenvalue weighted by Gasteiger charge is 2.31. The minimum atomic E-state index is 0.148. The summed E-state index contributed by atoms with van der Waals surface area (Å²) in [6.45, 7) is 0. The molecule has 3 rings (SSSR count). The fourth-order valence-electron chi connectivity index (χ4n) is 2.27. The number of pyridine rings is 2. The first-order valence-electron chi connectivity index (χ1n) is 6.32. The molecule has 1 aliphatic rings. The molecule has 0 bridgehead atoms. The number of rotatable bonds is 2. The third-order valence-electron chi connectivity index (χ3n) is 3.19. The fourth-order valence-corrected chi connectivity index (χ4v) is 3.79. The Morgan fingerprint density at radius 3 is 1.84 bits per heavy atom. The van der Waals surface area contributed by atoms with Crippen LogP contribution in [0, 0.1) is 0 Å². The van der Waals surface area contributed by atoms with Gasteiger partial charge in [-0.15, -0.1) is 11.8 Å². The Balaban J connectivity index is 1.84. The standard InChI is InChI=1S/C15H14N2OS/c18-11-9-14(12-5-1-3-7-16-12)19-15(10-11)13-6-2-4-8-17-13/h1-8,14-15H,9-10H2. The minimum absolute atomic E-state index is 0.148. The lowest BCUT2D eigenvalue weighted by molar-refractivity contribution is -0.119. The van der Waals surface area contributed by atoms with Crippen molar-refractivity contribution in [3.8, 4) is 0 Å². The monoisotopic (exact) mass is 270 g/mol. The van der Waals surface area contributed by atoms with Crippen molar-refractivity contribution in [2.45, 2.75) is 23.3 Å². The van der Waals surface area contributed by atoms with E-state index in [0.29, 0.717) is 18.6 Å². The Morgan fingerprint density at radius 1 is 0.895 bits per heavy atom. The number of hydrogen-bond acceptors (Lipinski definition) is 4. The number of ketones is 1. The molecule has 96 valence electrons. The molecule has 1 saturated heterocycles. The molecule has 0 radical (unpaired) electrons. The number of carbonyl (C=O) groups excluding carboxylic acids is 1. The highest BCUT2D eigenvalue weighted by Crippen LogP contribution is 2.47. The molecular weight excluding hydrogens is 256 g/mol. The lowest BCUT2D eigenvalue weighted by Crippen LogP contribution is -2.17. The summed E-state index contributed by atoms with van der Waals surface area (Å²) in [5, 5.41) is 0.295. The molecule has 2 aromatic rings. The Labute approximate surface area is 116 Å². The van der Waals surface area contributed by atoms with E-state index in [1.54, 1.807) is 24.2 Å². The number of Topliss-reactive ketones (excluding diaryl/α,β-unsaturated/α-hetero) is 1. The SMILES string of the molecule is O=C1CC(c2ccccn2)SC(c2ccccn2)C1. The predicted octanol–water partition coefficient (Wildman–Crippen LogP) is 3.36. The summed E-state index contributed by atoms with van der Waals surface area (Å²) >= 11 is 1.80. The third kappa shape index (κ3) is 2.84. The van der Waals surface area contributed by atoms with Gasteiger partial charge in [-0.05, 0) is 24.3 Å². The van der Waals surface area contributed by atoms with Crippen molar-refractivity contribution in [2.75, 3.05) is 0 Å². The van der Waals surface area contributed by atoms with Gasteiger partial charge in [0.15, 0.2) is 0 Å². The number of thioether (sulfide) groups is 1. The van der Waals surface area contributed by atoms with Crippen molar-refractivity contribution >= 4 is 17.5 Å². The normalized spacial score (nSPS) is 23.3. The summed E-state index contributed by atoms with van der Waals surface area (Å²) in [5.74, 6) is 0.296. The van der Waals surface area contributed by atoms with E-state index in [9.17, 15) is 4.79 Å². The molecule has 3 heterocycles. The Kier molecular flexibility index (Phi) is 3.60. The molecule has 4 heteroatoms. The smallest absolute Gasteiger partial charge is 0.135 e. The zero-order valence-corrected chi connectivity index (χ0v) is 11.2. The lowest BCUT2D eigenvalue weighted by atomic mass is 10.0. The van der Waals surface area contributed by atoms with Crippen LogP contribution in [0.25, 0.3) is 0 Å². The van der Waals surface area contributed by atoms with Gasteiger partial charge in [-0.2, -0.15) is 0 Å². The summed E-state index contributed by atoms with van der Waals surface area (Å²) in [7, 11) is 0. The summed E-state index contributed by atoms with van der Waals surface area (Å²) < 4.78 is 0. The van der Waals surface area contributed by atoms with E-state index < -0.39 is 0 Å². The van der Waals surface area contributed by atoms with Crippen LogP contribution in [0.4, 0.5) is 0 Å². The second-order valence-electron chi connectivity index (χ2n) is 4.57. The maximum atomic E-state index is 12.0. The molecule has 1 aliphatic heterocycles. The van der Waals surface area contributed by atoms with Crippen molar-refractivity contribution in [3.63, 3.8) is 0 Å². The number of aromatic nitrogens is 2. The predicted molar refractivity (Wildman–Crippen MR) is 75.8 cm³/mol. The van der Waals surface area contributed by atoms with Gasteiger partial charge in [0.25, 0.3) is 0 Å². The lowest BCUT2D eigenvalue weighted by Gasteiger charge is -2.27. The molecule has 2 unspecified atom stereocenters. The van der Waals surface area contributed by atoms with Gasteiger partial charge in [0.05, 0.1) is 21.9 Å². The molecule has 0 spiro atoms. The van der Waals surface area contributed by atoms with Crippen LogP contribution in [0.1, 0.15) is 34.7 Å². The molecular formula is C15H14N2OS. The van der Waals surface area contributed by atoms with Crippen LogP contribution < -0.4 is 0 Å². The van der Waals surface area contributed by atoms with E-state index in [-0.39, 0.29) is 10.5 Å². The van der Waals surface area contributed by atoms with E-state index >= 15 is 0 Å². The van der Waals surface area contributed by atoms with E-state index in [1.807, 2.05) is 36.4 Å². The van der Waals surface area contributed by atoms with Crippen LogP contribution >= 0.6 is 11.8 Å². The van der Waals surface area contributed by atoms with E-state index in [1.165, 1.54) is 0 Å². The fraction of sp³-hybridized carbons (Fsp3) is 0.267. The van der Waals surface area contributed by atoms with Gasteiger partial charge in [-0.1, -0.05) is 12.1 Å². The number of nitrogens with zero attached hydrogens (tertiary/aromatic N) is 2. The zero-order valence-electron chi connectivity index (χ0n) is 10.4. The maximum Gasteiger partial charge on any atom is 0.135 e. The molecule has 1 fully saturated rings. The van der Waals surface area contributed by atoms with Gasteiger partial charge < -0.3 is 0 Å².